The summed E-state index contributed by atoms with van der Waals surface area (Å²) < 4.78 is 65.5. The maximum absolute atomic E-state index is 14.3. The molecule has 1 aromatic carbocycles. The summed E-state index contributed by atoms with van der Waals surface area (Å²) in [6.07, 6.45) is 7.04. The number of hydrogen-bond acceptors (Lipinski definition) is 26. The Morgan fingerprint density at radius 3 is 2.25 bits per heavy atom. The van der Waals surface area contributed by atoms with Crippen molar-refractivity contribution < 1.29 is 110 Å². The Morgan fingerprint density at radius 1 is 0.926 bits per heavy atom. The lowest BCUT2D eigenvalue weighted by molar-refractivity contribution is -0.302. The molecule has 16 atom stereocenters. The Kier molecular flexibility index (Phi) is 29.8. The van der Waals surface area contributed by atoms with Crippen molar-refractivity contribution in [3.05, 3.63) is 105 Å². The normalized spacial score (nSPS) is 30.7. The van der Waals surface area contributed by atoms with Crippen molar-refractivity contribution in [3.63, 3.8) is 0 Å². The number of methoxy groups -OCH3 is 3. The number of nitrogens with zero attached hydrogens (tertiary/aromatic N) is 5. The zero-order chi connectivity index (χ0) is 79.4. The number of alkyl halides is 1. The van der Waals surface area contributed by atoms with Crippen molar-refractivity contribution in [2.45, 2.75) is 189 Å². The number of aliphatic hydroxyl groups excluding tert-OH is 2. The quantitative estimate of drug-likeness (QED) is 0.0151. The van der Waals surface area contributed by atoms with Crippen molar-refractivity contribution in [1.29, 1.82) is 0 Å². The van der Waals surface area contributed by atoms with Crippen molar-refractivity contribution in [2.24, 2.45) is 40.5 Å². The maximum atomic E-state index is 14.3. The van der Waals surface area contributed by atoms with Crippen LogP contribution in [0.5, 0.6) is 0 Å². The second-order valence-electron chi connectivity index (χ2n) is 27.8. The van der Waals surface area contributed by atoms with Gasteiger partial charge in [0.05, 0.1) is 41.0 Å². The molecule has 108 heavy (non-hydrogen) atoms. The Balaban J connectivity index is 0.000000233. The van der Waals surface area contributed by atoms with Crippen LogP contribution in [0.15, 0.2) is 104 Å². The summed E-state index contributed by atoms with van der Waals surface area (Å²) in [5, 5.41) is 51.8. The molecule has 3 aromatic rings. The summed E-state index contributed by atoms with van der Waals surface area (Å²) >= 11 is 8.99. The Hall–Kier alpha value is -8.06. The molecule has 8 heterocycles. The highest BCUT2D eigenvalue weighted by atomic mass is 35.5. The third-order valence-corrected chi connectivity index (χ3v) is 24.8. The molecule has 35 heteroatoms. The molecule has 31 nitrogen and oxygen atoms in total. The van der Waals surface area contributed by atoms with E-state index in [2.05, 4.69) is 37.3 Å². The number of carbonyl (C=O) groups excluding carboxylic acids is 8. The Morgan fingerprint density at radius 2 is 1.62 bits per heavy atom. The minimum Gasteiger partial charge on any atom is -0.505 e. The van der Waals surface area contributed by atoms with E-state index in [4.69, 9.17) is 45.4 Å². The van der Waals surface area contributed by atoms with Crippen LogP contribution in [0.25, 0.3) is 5.76 Å². The number of furan rings is 1. The number of aliphatic carboxylic acids is 1. The molecule has 1 saturated carbocycles. The second-order valence-corrected chi connectivity index (χ2v) is 32.7. The number of likely N-dealkylation sites (N-methyl/N-ethyl adjacent to an activating group) is 1. The van der Waals surface area contributed by atoms with Crippen LogP contribution in [0, 0.1) is 36.5 Å². The number of aryl methyl sites for hydroxylation is 1. The number of fused-ring (bicyclic) bond motifs is 5. The summed E-state index contributed by atoms with van der Waals surface area (Å²) in [5.41, 5.74) is 6.15. The van der Waals surface area contributed by atoms with Gasteiger partial charge in [-0.3, -0.25) is 43.3 Å². The first kappa shape index (κ1) is 85.5. The predicted molar refractivity (Wildman–Crippen MR) is 396 cm³/mol. The molecule has 0 spiro atoms. The minimum absolute atomic E-state index is 0.0401. The van der Waals surface area contributed by atoms with Crippen molar-refractivity contribution >= 4 is 115 Å². The maximum Gasteiger partial charge on any atom is 0.404 e. The molecule has 1 aliphatic carbocycles. The average Bonchev–Trinajstić information content (AvgIpc) is 0.826. The summed E-state index contributed by atoms with van der Waals surface area (Å²) in [5.74, 6) is -10.8. The number of halogens is 1. The highest BCUT2D eigenvalue weighted by molar-refractivity contribution is 8.00. The molecule has 10 rings (SSSR count). The summed E-state index contributed by atoms with van der Waals surface area (Å²) in [6.45, 7) is 12.8. The van der Waals surface area contributed by atoms with Crippen LogP contribution in [0.3, 0.4) is 0 Å². The number of hydrogen-bond donors (Lipinski definition) is 7. The number of carboxylic acid groups (broad SMARTS) is 1. The number of anilines is 1. The van der Waals surface area contributed by atoms with Gasteiger partial charge in [-0.1, -0.05) is 62.7 Å². The van der Waals surface area contributed by atoms with E-state index >= 15 is 0 Å². The number of cyclic esters (lactones) is 1. The Labute approximate surface area is 639 Å². The standard InChI is InChI=1S/C43H68ClNO11.C16H16N4O8S.C14H13N3O4S2/c1-10-30-18-24(2)17-25(3)19-36(53-8)39-37(54-9)21-27(5)43(51,56-39)40(48)41(49)45-16-12-11-13-32(45)42(50)55-38(28(6)33(46)23-34(30)47)26(4)20-29-14-15-31(44)35(22-29)52-7;1-26-19-9(8-3-2-4-27-8)12(21)18-10-13(22)20-11(15(23)24)7(5-28-16(17)25)6-29-14(10)20;1-8-7-15-14(22-8)16-13(19)11-12(18)9-5-3-4-6-10(9)23(20,21)17(11)2/h18,20,25,27-33,35-39,46,51H,10-17,19,21-23H2,1-9H3;2-4,10,14H,5-6H2,1H3,(H2,17,25)(H,18,21)(H,23,24);3-7,18H,1-2H3,(H,15,16,19)/b24-18+,26-20+;19-9-;/t25-,27+,28+,29-,30+,31+,32-,33-,35+,36-,37-,38+,39+,43+;10-,14-;/m01./s1. The van der Waals surface area contributed by atoms with Crippen LogP contribution < -0.4 is 16.4 Å². The van der Waals surface area contributed by atoms with Gasteiger partial charge in [0, 0.05) is 87.1 Å². The van der Waals surface area contributed by atoms with Crippen LogP contribution in [-0.4, -0.2) is 227 Å². The molecule has 0 radical (unpaired) electrons. The lowest BCUT2D eigenvalue weighted by Gasteiger charge is -2.49. The van der Waals surface area contributed by atoms with E-state index in [0.29, 0.717) is 49.2 Å². The van der Waals surface area contributed by atoms with Crippen LogP contribution in [0.4, 0.5) is 9.93 Å². The third kappa shape index (κ3) is 19.6. The minimum atomic E-state index is -3.90. The Bertz CT molecular complexity index is 4090. The molecule has 3 saturated heterocycles. The molecule has 5 amide bonds. The number of Topliss-reactive ketones (excluding diaryl/α,β-unsaturated/α-hetero) is 2. The number of benzene rings is 1. The lowest BCUT2D eigenvalue weighted by atomic mass is 9.82. The monoisotopic (exact) mass is 1580 g/mol. The van der Waals surface area contributed by atoms with Crippen LogP contribution in [-0.2, 0) is 81.6 Å². The molecular formula is C73H97ClN8O23S3. The van der Waals surface area contributed by atoms with Gasteiger partial charge in [0.25, 0.3) is 39.4 Å². The number of allylic oxidation sites excluding steroid dienone is 3. The number of primary amides is 1. The number of thioether (sulfide) groups is 1. The zero-order valence-electron chi connectivity index (χ0n) is 62.3. The van der Waals surface area contributed by atoms with Gasteiger partial charge in [-0.05, 0) is 127 Å². The van der Waals surface area contributed by atoms with E-state index in [1.54, 1.807) is 45.4 Å². The highest BCUT2D eigenvalue weighted by Gasteiger charge is 2.58. The topological polar surface area (TPSA) is 431 Å². The van der Waals surface area contributed by atoms with Crippen LogP contribution in [0.2, 0.25) is 0 Å². The average molecular weight is 1590 g/mol. The number of amides is 5. The molecular weight excluding hydrogens is 1490 g/mol. The number of β-lactam (4-membered cyclic amide) rings is 1. The van der Waals surface area contributed by atoms with Crippen molar-refractivity contribution in [2.75, 3.05) is 59.7 Å². The number of nitrogens with one attached hydrogen (secondary N) is 2. The van der Waals surface area contributed by atoms with E-state index in [-0.39, 0.29) is 112 Å². The number of piperidine rings is 1. The summed E-state index contributed by atoms with van der Waals surface area (Å²) in [6, 6.07) is 6.95. The van der Waals surface area contributed by atoms with Crippen molar-refractivity contribution in [1.82, 2.24) is 24.4 Å². The second kappa shape index (κ2) is 37.6. The predicted octanol–water partition coefficient (Wildman–Crippen LogP) is 7.13. The highest BCUT2D eigenvalue weighted by Crippen LogP contribution is 2.43. The number of oxime groups is 1. The number of nitrogens with two attached hydrogens (primary N) is 1. The first-order chi connectivity index (χ1) is 51.1. The molecule has 2 aromatic heterocycles. The van der Waals surface area contributed by atoms with Crippen LogP contribution in [0.1, 0.15) is 128 Å². The molecule has 0 unspecified atom stereocenters. The number of sulfonamides is 1. The molecule has 2 bridgehead atoms. The van der Waals surface area contributed by atoms with E-state index in [1.165, 1.54) is 80.8 Å². The smallest absolute Gasteiger partial charge is 0.404 e. The lowest BCUT2D eigenvalue weighted by Crippen LogP contribution is -2.71. The number of carboxylic acids is 1. The summed E-state index contributed by atoms with van der Waals surface area (Å²) in [4.78, 5) is 128. The van der Waals surface area contributed by atoms with Crippen LogP contribution >= 0.6 is 34.7 Å². The van der Waals surface area contributed by atoms with E-state index in [0.717, 1.165) is 32.5 Å². The fourth-order valence-electron chi connectivity index (χ4n) is 14.5. The van der Waals surface area contributed by atoms with E-state index < -0.39 is 129 Å². The van der Waals surface area contributed by atoms with Gasteiger partial charge in [-0.15, -0.1) is 34.7 Å². The fraction of sp³-hybridized carbons (Fsp3) is 0.575. The van der Waals surface area contributed by atoms with Crippen molar-refractivity contribution in [3.8, 4) is 0 Å². The molecule has 592 valence electrons. The van der Waals surface area contributed by atoms with Gasteiger partial charge < -0.3 is 74.1 Å². The number of ketones is 2. The van der Waals surface area contributed by atoms with E-state index in [1.807, 2.05) is 39.8 Å². The molecule has 8 N–H and O–H groups in total. The number of esters is 1. The van der Waals surface area contributed by atoms with Gasteiger partial charge in [-0.25, -0.2) is 27.8 Å². The van der Waals surface area contributed by atoms with Gasteiger partial charge >= 0.3 is 18.0 Å². The molecule has 4 fully saturated rings. The molecule has 7 aliphatic rings. The van der Waals surface area contributed by atoms with Gasteiger partial charge in [0.2, 0.25) is 11.5 Å². The first-order valence-corrected chi connectivity index (χ1v) is 39.2. The SMILES string of the molecule is CC[C@@H]1/C=C(\C)C[C@H](C)C[C@H](OC)[C@H]2O[C@@](O)(C(=O)C(=O)N3CCCC[C@H]3C(=O)O[C@H](/C(C)=C/[C@@H]3CC[C@@H](Cl)[C@H](OC)C3)[C@H](C)[C@@H](O)CC1=O)[C@H](C)C[C@@H]2OC.CO/N=C(\C(=O)N[C@@H]1C(=O)N2C(C(=O)O)=C(COC(N)=O)CS[C@H]12)c1ccco1.Cc1cnc(NC(=O)C2=C(O)c3ccccc3S(=O)(=O)N2C)s1. The third-order valence-electron chi connectivity index (χ3n) is 20.3. The number of aliphatic hydroxyl groups is 3. The fourth-order valence-corrected chi connectivity index (χ4v) is 18.2. The number of rotatable bonds is 15. The van der Waals surface area contributed by atoms with Gasteiger partial charge in [-0.2, -0.15) is 0 Å². The summed E-state index contributed by atoms with van der Waals surface area (Å²) in [7, 11) is 3.29. The zero-order valence-corrected chi connectivity index (χ0v) is 65.5. The number of aromatic nitrogens is 1. The van der Waals surface area contributed by atoms with Gasteiger partial charge in [0.15, 0.2) is 22.3 Å². The number of ether oxygens (including phenoxy) is 6. The molecule has 6 aliphatic heterocycles. The number of thiazole rings is 1. The largest absolute Gasteiger partial charge is 0.505 e. The van der Waals surface area contributed by atoms with Gasteiger partial charge in [0.1, 0.15) is 54.9 Å². The first-order valence-electron chi connectivity index (χ1n) is 35.4. The number of carbonyl (C=O) groups is 9. The van der Waals surface area contributed by atoms with E-state index in [9.17, 15) is 72.0 Å².